The predicted molar refractivity (Wildman–Crippen MR) is 69.0 cm³/mol. The molecule has 4 heteroatoms. The van der Waals surface area contributed by atoms with Crippen molar-refractivity contribution in [2.75, 3.05) is 7.11 Å². The Hall–Kier alpha value is -1.38. The molecule has 0 saturated heterocycles. The summed E-state index contributed by atoms with van der Waals surface area (Å²) in [4.78, 5) is 0. The van der Waals surface area contributed by atoms with Gasteiger partial charge in [-0.25, -0.2) is 0 Å². The molecule has 0 bridgehead atoms. The Bertz CT molecular complexity index is 533. The molecule has 1 radical (unpaired) electrons. The van der Waals surface area contributed by atoms with Crippen LogP contribution in [0.1, 0.15) is 0 Å². The molecule has 2 aromatic rings. The highest BCUT2D eigenvalue weighted by atomic mass is 35.5. The van der Waals surface area contributed by atoms with Gasteiger partial charge in [-0.15, -0.1) is 0 Å². The van der Waals surface area contributed by atoms with Crippen molar-refractivity contribution in [2.45, 2.75) is 0 Å². The first-order chi connectivity index (χ1) is 8.13. The zero-order valence-electron chi connectivity index (χ0n) is 9.00. The van der Waals surface area contributed by atoms with Gasteiger partial charge in [-0.1, -0.05) is 23.2 Å². The molecule has 0 saturated carbocycles. The van der Waals surface area contributed by atoms with Crippen molar-refractivity contribution in [3.63, 3.8) is 0 Å². The summed E-state index contributed by atoms with van der Waals surface area (Å²) >= 11 is 12.1. The standard InChI is InChI=1S/C13H9Cl2O2/c1-17-8-5-6-9(11(15)7-8)13-10(14)3-2-4-12(13)16/h2,4-7,16H,1H3. The second-order valence-corrected chi connectivity index (χ2v) is 4.18. The van der Waals surface area contributed by atoms with Crippen molar-refractivity contribution in [1.29, 1.82) is 0 Å². The molecule has 2 rings (SSSR count). The SMILES string of the molecule is COc1ccc(-c2c(Cl)[c]ccc2O)c(Cl)c1. The molecule has 0 aliphatic heterocycles. The van der Waals surface area contributed by atoms with Gasteiger partial charge in [-0.3, -0.25) is 0 Å². The summed E-state index contributed by atoms with van der Waals surface area (Å²) in [5.41, 5.74) is 1.12. The van der Waals surface area contributed by atoms with Gasteiger partial charge in [0.05, 0.1) is 17.2 Å². The van der Waals surface area contributed by atoms with Crippen LogP contribution in [-0.4, -0.2) is 12.2 Å². The highest BCUT2D eigenvalue weighted by Crippen LogP contribution is 2.40. The first kappa shape index (κ1) is 12.1. The Morgan fingerprint density at radius 2 is 2.00 bits per heavy atom. The van der Waals surface area contributed by atoms with Crippen LogP contribution in [-0.2, 0) is 0 Å². The molecule has 0 amide bonds. The number of methoxy groups -OCH3 is 1. The number of rotatable bonds is 2. The number of hydrogen-bond acceptors (Lipinski definition) is 2. The average Bonchev–Trinajstić information content (AvgIpc) is 2.30. The first-order valence-corrected chi connectivity index (χ1v) is 5.62. The third kappa shape index (κ3) is 2.33. The zero-order valence-corrected chi connectivity index (χ0v) is 10.5. The molecule has 0 fully saturated rings. The fraction of sp³-hybridized carbons (Fsp3) is 0.0769. The Labute approximate surface area is 109 Å². The van der Waals surface area contributed by atoms with Gasteiger partial charge < -0.3 is 9.84 Å². The summed E-state index contributed by atoms with van der Waals surface area (Å²) in [6.07, 6.45) is 0. The van der Waals surface area contributed by atoms with E-state index in [0.717, 1.165) is 0 Å². The summed E-state index contributed by atoms with van der Waals surface area (Å²) in [6.45, 7) is 0. The average molecular weight is 268 g/mol. The fourth-order valence-corrected chi connectivity index (χ4v) is 2.07. The quantitative estimate of drug-likeness (QED) is 0.885. The molecule has 0 aromatic heterocycles. The number of aromatic hydroxyl groups is 1. The van der Waals surface area contributed by atoms with Gasteiger partial charge in [0.1, 0.15) is 11.5 Å². The second-order valence-electron chi connectivity index (χ2n) is 3.40. The summed E-state index contributed by atoms with van der Waals surface area (Å²) in [7, 11) is 1.56. The Morgan fingerprint density at radius 3 is 2.59 bits per heavy atom. The number of phenols is 1. The number of hydrogen-bond donors (Lipinski definition) is 1. The van der Waals surface area contributed by atoms with Crippen LogP contribution in [0.3, 0.4) is 0 Å². The van der Waals surface area contributed by atoms with Gasteiger partial charge in [0.25, 0.3) is 0 Å². The van der Waals surface area contributed by atoms with Gasteiger partial charge in [0, 0.05) is 17.2 Å². The molecular formula is C13H9Cl2O2. The highest BCUT2D eigenvalue weighted by Gasteiger charge is 2.12. The van der Waals surface area contributed by atoms with Crippen LogP contribution < -0.4 is 4.74 Å². The van der Waals surface area contributed by atoms with Crippen LogP contribution in [0.2, 0.25) is 10.0 Å². The Kier molecular flexibility index (Phi) is 3.46. The number of ether oxygens (including phenoxy) is 1. The largest absolute Gasteiger partial charge is 0.507 e. The lowest BCUT2D eigenvalue weighted by Crippen LogP contribution is -1.86. The molecule has 87 valence electrons. The van der Waals surface area contributed by atoms with Crippen LogP contribution in [0, 0.1) is 6.07 Å². The number of phenolic OH excluding ortho intramolecular Hbond substituents is 1. The lowest BCUT2D eigenvalue weighted by atomic mass is 10.0. The summed E-state index contributed by atoms with van der Waals surface area (Å²) in [5.74, 6) is 0.718. The van der Waals surface area contributed by atoms with E-state index in [1.165, 1.54) is 6.07 Å². The minimum atomic E-state index is 0.0702. The van der Waals surface area contributed by atoms with E-state index in [0.29, 0.717) is 26.9 Å². The molecule has 2 nitrogen and oxygen atoms in total. The topological polar surface area (TPSA) is 29.5 Å². The molecule has 1 N–H and O–H groups in total. The van der Waals surface area contributed by atoms with Crippen molar-refractivity contribution >= 4 is 23.2 Å². The van der Waals surface area contributed by atoms with Gasteiger partial charge in [-0.05, 0) is 30.3 Å². The molecule has 0 spiro atoms. The van der Waals surface area contributed by atoms with E-state index in [4.69, 9.17) is 27.9 Å². The minimum Gasteiger partial charge on any atom is -0.507 e. The van der Waals surface area contributed by atoms with Crippen molar-refractivity contribution in [3.05, 3.63) is 46.4 Å². The summed E-state index contributed by atoms with van der Waals surface area (Å²) < 4.78 is 5.06. The maximum Gasteiger partial charge on any atom is 0.125 e. The van der Waals surface area contributed by atoms with E-state index in [9.17, 15) is 5.11 Å². The van der Waals surface area contributed by atoms with Crippen molar-refractivity contribution in [3.8, 4) is 22.6 Å². The fourth-order valence-electron chi connectivity index (χ4n) is 1.54. The molecule has 0 aliphatic carbocycles. The third-order valence-corrected chi connectivity index (χ3v) is 2.98. The highest BCUT2D eigenvalue weighted by molar-refractivity contribution is 6.36. The zero-order chi connectivity index (χ0) is 12.4. The normalized spacial score (nSPS) is 10.3. The van der Waals surface area contributed by atoms with Gasteiger partial charge >= 0.3 is 0 Å². The maximum absolute atomic E-state index is 9.80. The number of halogens is 2. The van der Waals surface area contributed by atoms with E-state index in [-0.39, 0.29) is 5.75 Å². The van der Waals surface area contributed by atoms with Crippen LogP contribution in [0.4, 0.5) is 0 Å². The van der Waals surface area contributed by atoms with E-state index in [1.54, 1.807) is 31.4 Å². The van der Waals surface area contributed by atoms with Crippen LogP contribution in [0.15, 0.2) is 30.3 Å². The van der Waals surface area contributed by atoms with Gasteiger partial charge in [0.15, 0.2) is 0 Å². The van der Waals surface area contributed by atoms with Crippen LogP contribution in [0.25, 0.3) is 11.1 Å². The first-order valence-electron chi connectivity index (χ1n) is 4.86. The molecule has 0 unspecified atom stereocenters. The lowest BCUT2D eigenvalue weighted by Gasteiger charge is -2.10. The van der Waals surface area contributed by atoms with Gasteiger partial charge in [0.2, 0.25) is 0 Å². The maximum atomic E-state index is 9.80. The third-order valence-electron chi connectivity index (χ3n) is 2.37. The Morgan fingerprint density at radius 1 is 1.24 bits per heavy atom. The molecule has 17 heavy (non-hydrogen) atoms. The van der Waals surface area contributed by atoms with E-state index >= 15 is 0 Å². The lowest BCUT2D eigenvalue weighted by molar-refractivity contribution is 0.415. The van der Waals surface area contributed by atoms with Crippen molar-refractivity contribution in [2.24, 2.45) is 0 Å². The van der Waals surface area contributed by atoms with E-state index in [2.05, 4.69) is 6.07 Å². The Balaban J connectivity index is 2.61. The smallest absolute Gasteiger partial charge is 0.125 e. The summed E-state index contributed by atoms with van der Waals surface area (Å²) in [5, 5.41) is 10.6. The van der Waals surface area contributed by atoms with Crippen LogP contribution >= 0.6 is 23.2 Å². The van der Waals surface area contributed by atoms with Crippen LogP contribution in [0.5, 0.6) is 11.5 Å². The molecule has 0 atom stereocenters. The summed E-state index contributed by atoms with van der Waals surface area (Å²) in [6, 6.07) is 11.0. The second kappa shape index (κ2) is 4.86. The molecule has 0 heterocycles. The molecular weight excluding hydrogens is 259 g/mol. The number of benzene rings is 2. The van der Waals surface area contributed by atoms with Crippen molar-refractivity contribution < 1.29 is 9.84 Å². The molecule has 2 aromatic carbocycles. The van der Waals surface area contributed by atoms with Gasteiger partial charge in [-0.2, -0.15) is 0 Å². The molecule has 0 aliphatic rings. The van der Waals surface area contributed by atoms with E-state index in [1.807, 2.05) is 0 Å². The predicted octanol–water partition coefficient (Wildman–Crippen LogP) is 4.17. The minimum absolute atomic E-state index is 0.0702. The van der Waals surface area contributed by atoms with Crippen molar-refractivity contribution in [1.82, 2.24) is 0 Å². The van der Waals surface area contributed by atoms with E-state index < -0.39 is 0 Å². The monoisotopic (exact) mass is 267 g/mol.